The standard InChI is InChI=1S/C17H18N2O2S/c1-9-6-7-11(8-10(9)2)16(21)19-17-14(15(18)20)12-4-3-5-13(12)22-17/h6-8H,3-5H2,1-2H3,(H2,18,20)(H,19,21). The van der Waals surface area contributed by atoms with Crippen molar-refractivity contribution >= 4 is 28.2 Å². The van der Waals surface area contributed by atoms with Gasteiger partial charge in [0.25, 0.3) is 11.8 Å². The van der Waals surface area contributed by atoms with Crippen LogP contribution in [-0.4, -0.2) is 11.8 Å². The molecule has 1 aliphatic rings. The van der Waals surface area contributed by atoms with E-state index in [2.05, 4.69) is 5.32 Å². The van der Waals surface area contributed by atoms with Crippen LogP contribution in [0, 0.1) is 13.8 Å². The van der Waals surface area contributed by atoms with Crippen LogP contribution in [0.2, 0.25) is 0 Å². The lowest BCUT2D eigenvalue weighted by Gasteiger charge is -2.07. The summed E-state index contributed by atoms with van der Waals surface area (Å²) in [5, 5.41) is 3.45. The number of rotatable bonds is 3. The highest BCUT2D eigenvalue weighted by molar-refractivity contribution is 7.17. The molecule has 2 amide bonds. The highest BCUT2D eigenvalue weighted by Gasteiger charge is 2.26. The molecular weight excluding hydrogens is 296 g/mol. The van der Waals surface area contributed by atoms with Crippen molar-refractivity contribution in [1.82, 2.24) is 0 Å². The molecule has 2 aromatic rings. The Morgan fingerprint density at radius 2 is 1.95 bits per heavy atom. The van der Waals surface area contributed by atoms with E-state index in [1.54, 1.807) is 6.07 Å². The molecule has 0 atom stereocenters. The van der Waals surface area contributed by atoms with Gasteiger partial charge in [0.1, 0.15) is 5.00 Å². The van der Waals surface area contributed by atoms with Gasteiger partial charge in [-0.1, -0.05) is 6.07 Å². The second-order valence-corrected chi connectivity index (χ2v) is 6.78. The first-order valence-electron chi connectivity index (χ1n) is 7.30. The summed E-state index contributed by atoms with van der Waals surface area (Å²) in [5.74, 6) is -0.666. The Labute approximate surface area is 133 Å². The van der Waals surface area contributed by atoms with E-state index in [-0.39, 0.29) is 5.91 Å². The number of primary amides is 1. The molecule has 4 nitrogen and oxygen atoms in total. The van der Waals surface area contributed by atoms with Crippen molar-refractivity contribution in [2.75, 3.05) is 5.32 Å². The van der Waals surface area contributed by atoms with Gasteiger partial charge in [0.2, 0.25) is 0 Å². The second kappa shape index (κ2) is 5.57. The Bertz CT molecular complexity index is 777. The van der Waals surface area contributed by atoms with Gasteiger partial charge in [-0.3, -0.25) is 9.59 Å². The number of hydrogen-bond donors (Lipinski definition) is 2. The summed E-state index contributed by atoms with van der Waals surface area (Å²) in [4.78, 5) is 25.3. The number of carbonyl (C=O) groups excluding carboxylic acids is 2. The van der Waals surface area contributed by atoms with Gasteiger partial charge in [0.15, 0.2) is 0 Å². The fourth-order valence-electron chi connectivity index (χ4n) is 2.81. The van der Waals surface area contributed by atoms with Gasteiger partial charge in [-0.15, -0.1) is 11.3 Å². The third-order valence-corrected chi connectivity index (χ3v) is 5.37. The highest BCUT2D eigenvalue weighted by atomic mass is 32.1. The minimum Gasteiger partial charge on any atom is -0.365 e. The van der Waals surface area contributed by atoms with Crippen molar-refractivity contribution in [3.8, 4) is 0 Å². The third kappa shape index (κ3) is 2.52. The first kappa shape index (κ1) is 14.8. The van der Waals surface area contributed by atoms with Gasteiger partial charge in [-0.05, 0) is 61.9 Å². The minimum absolute atomic E-state index is 0.203. The second-order valence-electron chi connectivity index (χ2n) is 5.68. The minimum atomic E-state index is -0.463. The van der Waals surface area contributed by atoms with E-state index in [4.69, 9.17) is 5.73 Å². The molecule has 0 spiro atoms. The lowest BCUT2D eigenvalue weighted by atomic mass is 10.1. The molecule has 0 saturated heterocycles. The van der Waals surface area contributed by atoms with Gasteiger partial charge in [0.05, 0.1) is 5.56 Å². The van der Waals surface area contributed by atoms with E-state index in [9.17, 15) is 9.59 Å². The Balaban J connectivity index is 1.91. The lowest BCUT2D eigenvalue weighted by Crippen LogP contribution is -2.18. The molecule has 0 radical (unpaired) electrons. The normalized spacial score (nSPS) is 13.0. The van der Waals surface area contributed by atoms with E-state index in [1.165, 1.54) is 16.2 Å². The molecule has 1 heterocycles. The molecule has 1 aromatic heterocycles. The van der Waals surface area contributed by atoms with Crippen LogP contribution in [0.3, 0.4) is 0 Å². The molecular formula is C17H18N2O2S. The summed E-state index contributed by atoms with van der Waals surface area (Å²) in [5.41, 5.74) is 9.82. The molecule has 3 N–H and O–H groups in total. The van der Waals surface area contributed by atoms with Crippen LogP contribution >= 0.6 is 11.3 Å². The van der Waals surface area contributed by atoms with Crippen molar-refractivity contribution in [3.05, 3.63) is 50.9 Å². The van der Waals surface area contributed by atoms with Crippen LogP contribution in [0.1, 0.15) is 48.7 Å². The molecule has 0 aliphatic heterocycles. The fourth-order valence-corrected chi connectivity index (χ4v) is 4.10. The number of hydrogen-bond acceptors (Lipinski definition) is 3. The Morgan fingerprint density at radius 1 is 1.18 bits per heavy atom. The van der Waals surface area contributed by atoms with Gasteiger partial charge in [-0.25, -0.2) is 0 Å². The highest BCUT2D eigenvalue weighted by Crippen LogP contribution is 2.39. The van der Waals surface area contributed by atoms with Gasteiger partial charge >= 0.3 is 0 Å². The first-order chi connectivity index (χ1) is 10.5. The van der Waals surface area contributed by atoms with Crippen molar-refractivity contribution < 1.29 is 9.59 Å². The number of thiophene rings is 1. The van der Waals surface area contributed by atoms with E-state index in [0.717, 1.165) is 36.0 Å². The molecule has 1 aromatic carbocycles. The molecule has 0 unspecified atom stereocenters. The molecule has 0 fully saturated rings. The topological polar surface area (TPSA) is 72.2 Å². The molecule has 5 heteroatoms. The van der Waals surface area contributed by atoms with E-state index < -0.39 is 5.91 Å². The third-order valence-electron chi connectivity index (χ3n) is 4.16. The number of fused-ring (bicyclic) bond motifs is 1. The zero-order valence-electron chi connectivity index (χ0n) is 12.7. The molecule has 3 rings (SSSR count). The van der Waals surface area contributed by atoms with Crippen molar-refractivity contribution in [2.24, 2.45) is 5.73 Å². The number of amides is 2. The van der Waals surface area contributed by atoms with E-state index >= 15 is 0 Å². The SMILES string of the molecule is Cc1ccc(C(=O)Nc2sc3c(c2C(N)=O)CCC3)cc1C. The van der Waals surface area contributed by atoms with Crippen LogP contribution in [-0.2, 0) is 12.8 Å². The molecule has 114 valence electrons. The molecule has 22 heavy (non-hydrogen) atoms. The number of aryl methyl sites for hydroxylation is 3. The summed E-state index contributed by atoms with van der Waals surface area (Å²) in [7, 11) is 0. The monoisotopic (exact) mass is 314 g/mol. The average molecular weight is 314 g/mol. The van der Waals surface area contributed by atoms with Crippen LogP contribution < -0.4 is 11.1 Å². The van der Waals surface area contributed by atoms with Gasteiger partial charge < -0.3 is 11.1 Å². The van der Waals surface area contributed by atoms with Crippen LogP contribution in [0.4, 0.5) is 5.00 Å². The smallest absolute Gasteiger partial charge is 0.256 e. The Hall–Kier alpha value is -2.14. The number of nitrogens with one attached hydrogen (secondary N) is 1. The summed E-state index contributed by atoms with van der Waals surface area (Å²) >= 11 is 1.47. The summed E-state index contributed by atoms with van der Waals surface area (Å²) in [6.07, 6.45) is 2.87. The summed E-state index contributed by atoms with van der Waals surface area (Å²) in [6, 6.07) is 5.58. The quantitative estimate of drug-likeness (QED) is 0.913. The Morgan fingerprint density at radius 3 is 2.64 bits per heavy atom. The number of nitrogens with two attached hydrogens (primary N) is 1. The predicted molar refractivity (Wildman–Crippen MR) is 88.7 cm³/mol. The molecule has 0 saturated carbocycles. The van der Waals surface area contributed by atoms with Gasteiger partial charge in [0, 0.05) is 10.4 Å². The van der Waals surface area contributed by atoms with E-state index in [1.807, 2.05) is 26.0 Å². The maximum atomic E-state index is 12.4. The maximum absolute atomic E-state index is 12.4. The lowest BCUT2D eigenvalue weighted by molar-refractivity contribution is 0.100. The van der Waals surface area contributed by atoms with Crippen LogP contribution in [0.25, 0.3) is 0 Å². The number of anilines is 1. The van der Waals surface area contributed by atoms with Gasteiger partial charge in [-0.2, -0.15) is 0 Å². The Kier molecular flexibility index (Phi) is 3.74. The number of benzene rings is 1. The first-order valence-corrected chi connectivity index (χ1v) is 8.12. The van der Waals surface area contributed by atoms with Crippen molar-refractivity contribution in [3.63, 3.8) is 0 Å². The molecule has 1 aliphatic carbocycles. The van der Waals surface area contributed by atoms with Crippen molar-refractivity contribution in [2.45, 2.75) is 33.1 Å². The predicted octanol–water partition coefficient (Wildman–Crippen LogP) is 3.20. The number of carbonyl (C=O) groups is 2. The summed E-state index contributed by atoms with van der Waals surface area (Å²) in [6.45, 7) is 3.98. The summed E-state index contributed by atoms with van der Waals surface area (Å²) < 4.78 is 0. The van der Waals surface area contributed by atoms with E-state index in [0.29, 0.717) is 16.1 Å². The van der Waals surface area contributed by atoms with Crippen LogP contribution in [0.15, 0.2) is 18.2 Å². The maximum Gasteiger partial charge on any atom is 0.256 e. The van der Waals surface area contributed by atoms with Crippen LogP contribution in [0.5, 0.6) is 0 Å². The fraction of sp³-hybridized carbons (Fsp3) is 0.294. The zero-order chi connectivity index (χ0) is 15.9. The van der Waals surface area contributed by atoms with Crippen molar-refractivity contribution in [1.29, 1.82) is 0 Å². The molecule has 0 bridgehead atoms. The average Bonchev–Trinajstić information content (AvgIpc) is 3.01. The largest absolute Gasteiger partial charge is 0.365 e. The zero-order valence-corrected chi connectivity index (χ0v) is 13.5.